The van der Waals surface area contributed by atoms with E-state index in [4.69, 9.17) is 24.1 Å². The molecule has 0 aromatic heterocycles. The first-order valence-electron chi connectivity index (χ1n) is 14.7. The smallest absolute Gasteiger partial charge is 0.319 e. The van der Waals surface area contributed by atoms with Crippen molar-refractivity contribution in [3.63, 3.8) is 0 Å². The van der Waals surface area contributed by atoms with Gasteiger partial charge in [0.05, 0.1) is 12.5 Å². The van der Waals surface area contributed by atoms with Gasteiger partial charge in [-0.05, 0) is 44.9 Å². The highest BCUT2D eigenvalue weighted by atomic mass is 16.8. The lowest BCUT2D eigenvalue weighted by atomic mass is 10.1. The molecule has 3 rings (SSSR count). The maximum atomic E-state index is 12.7. The SMILES string of the molecule is CCCCCCCCCCCCO[C@H]1O[C@@H](C(C)NC(=O)Nc2ccc(CC(=O)O)cc2)[C@@H]2OC(C)(C)O[C@H]12. The number of benzene rings is 1. The first-order valence-corrected chi connectivity index (χ1v) is 14.7. The lowest BCUT2D eigenvalue weighted by Gasteiger charge is -2.27. The Kier molecular flexibility index (Phi) is 12.5. The largest absolute Gasteiger partial charge is 0.481 e. The second kappa shape index (κ2) is 15.6. The number of carboxylic acids is 1. The number of hydrogen-bond donors (Lipinski definition) is 3. The van der Waals surface area contributed by atoms with Crippen molar-refractivity contribution in [3.05, 3.63) is 29.8 Å². The number of carbonyl (C=O) groups is 2. The van der Waals surface area contributed by atoms with Gasteiger partial charge in [-0.3, -0.25) is 4.79 Å². The standard InChI is InChI=1S/C30H48N2O7/c1-5-6-7-8-9-10-11-12-13-14-19-36-28-27-26(38-30(3,4)39-27)25(37-28)21(2)31-29(35)32-23-17-15-22(16-18-23)20-24(33)34/h15-18,21,25-28H,5-14,19-20H2,1-4H3,(H,33,34)(H2,31,32,35)/t21?,25-,26-,27-,28-/m0/s1. The van der Waals surface area contributed by atoms with Gasteiger partial charge in [0.1, 0.15) is 18.3 Å². The fourth-order valence-electron chi connectivity index (χ4n) is 5.25. The summed E-state index contributed by atoms with van der Waals surface area (Å²) in [4.78, 5) is 23.5. The van der Waals surface area contributed by atoms with Crippen molar-refractivity contribution < 1.29 is 33.6 Å². The fraction of sp³-hybridized carbons (Fsp3) is 0.733. The van der Waals surface area contributed by atoms with Crippen LogP contribution in [0.3, 0.4) is 0 Å². The Morgan fingerprint density at radius 3 is 2.15 bits per heavy atom. The Morgan fingerprint density at radius 1 is 0.949 bits per heavy atom. The highest BCUT2D eigenvalue weighted by Gasteiger charge is 2.57. The Hall–Kier alpha value is -2.20. The van der Waals surface area contributed by atoms with Crippen molar-refractivity contribution in [1.82, 2.24) is 5.32 Å². The molecule has 2 aliphatic heterocycles. The van der Waals surface area contributed by atoms with Crippen LogP contribution in [0.1, 0.15) is 97.5 Å². The summed E-state index contributed by atoms with van der Waals surface area (Å²) in [5.41, 5.74) is 1.23. The van der Waals surface area contributed by atoms with Gasteiger partial charge in [-0.2, -0.15) is 0 Å². The minimum atomic E-state index is -0.899. The molecule has 0 bridgehead atoms. The number of fused-ring (bicyclic) bond motifs is 1. The van der Waals surface area contributed by atoms with Crippen molar-refractivity contribution in [3.8, 4) is 0 Å². The molecular weight excluding hydrogens is 500 g/mol. The predicted molar refractivity (Wildman–Crippen MR) is 150 cm³/mol. The summed E-state index contributed by atoms with van der Waals surface area (Å²) in [5, 5.41) is 14.6. The predicted octanol–water partition coefficient (Wildman–Crippen LogP) is 6.01. The molecule has 0 spiro atoms. The maximum absolute atomic E-state index is 12.7. The van der Waals surface area contributed by atoms with Crippen molar-refractivity contribution in [2.45, 2.75) is 135 Å². The number of anilines is 1. The molecule has 0 aliphatic carbocycles. The number of urea groups is 1. The Labute approximate surface area is 233 Å². The van der Waals surface area contributed by atoms with E-state index in [-0.39, 0.29) is 30.7 Å². The molecule has 1 unspecified atom stereocenters. The first-order chi connectivity index (χ1) is 18.7. The van der Waals surface area contributed by atoms with E-state index in [1.807, 2.05) is 20.8 Å². The topological polar surface area (TPSA) is 115 Å². The minimum absolute atomic E-state index is 0.0636. The molecule has 2 amide bonds. The van der Waals surface area contributed by atoms with E-state index >= 15 is 0 Å². The highest BCUT2D eigenvalue weighted by molar-refractivity contribution is 5.89. The van der Waals surface area contributed by atoms with E-state index in [0.717, 1.165) is 12.8 Å². The zero-order valence-corrected chi connectivity index (χ0v) is 24.1. The van der Waals surface area contributed by atoms with Crippen LogP contribution in [0.5, 0.6) is 0 Å². The van der Waals surface area contributed by atoms with Crippen LogP contribution in [0, 0.1) is 0 Å². The number of carboxylic acid groups (broad SMARTS) is 1. The number of ether oxygens (including phenoxy) is 4. The van der Waals surface area contributed by atoms with E-state index in [9.17, 15) is 9.59 Å². The zero-order chi connectivity index (χ0) is 28.3. The summed E-state index contributed by atoms with van der Waals surface area (Å²) in [7, 11) is 0. The van der Waals surface area contributed by atoms with E-state index < -0.39 is 24.2 Å². The van der Waals surface area contributed by atoms with Crippen LogP contribution >= 0.6 is 0 Å². The molecule has 3 N–H and O–H groups in total. The average Bonchev–Trinajstić information content (AvgIpc) is 3.36. The van der Waals surface area contributed by atoms with Crippen LogP contribution in [0.25, 0.3) is 0 Å². The second-order valence-electron chi connectivity index (χ2n) is 11.2. The molecule has 5 atom stereocenters. The molecule has 9 nitrogen and oxygen atoms in total. The molecule has 0 radical (unpaired) electrons. The van der Waals surface area contributed by atoms with Crippen LogP contribution in [-0.2, 0) is 30.2 Å². The van der Waals surface area contributed by atoms with Gasteiger partial charge in [0.15, 0.2) is 12.1 Å². The minimum Gasteiger partial charge on any atom is -0.481 e. The van der Waals surface area contributed by atoms with E-state index in [1.165, 1.54) is 51.4 Å². The lowest BCUT2D eigenvalue weighted by molar-refractivity contribution is -0.235. The van der Waals surface area contributed by atoms with Crippen molar-refractivity contribution in [2.24, 2.45) is 0 Å². The molecule has 39 heavy (non-hydrogen) atoms. The fourth-order valence-corrected chi connectivity index (χ4v) is 5.25. The molecule has 220 valence electrons. The highest BCUT2D eigenvalue weighted by Crippen LogP contribution is 2.40. The summed E-state index contributed by atoms with van der Waals surface area (Å²) in [6, 6.07) is 5.96. The van der Waals surface area contributed by atoms with E-state index in [0.29, 0.717) is 17.9 Å². The van der Waals surface area contributed by atoms with Crippen LogP contribution in [0.15, 0.2) is 24.3 Å². The molecule has 2 saturated heterocycles. The zero-order valence-electron chi connectivity index (χ0n) is 24.1. The molecular formula is C30H48N2O7. The van der Waals surface area contributed by atoms with Crippen LogP contribution < -0.4 is 10.6 Å². The lowest BCUT2D eigenvalue weighted by Crippen LogP contribution is -2.48. The molecule has 2 heterocycles. The second-order valence-corrected chi connectivity index (χ2v) is 11.2. The van der Waals surface area contributed by atoms with Crippen molar-refractivity contribution in [1.29, 1.82) is 0 Å². The van der Waals surface area contributed by atoms with Gasteiger partial charge in [0.2, 0.25) is 0 Å². The number of carbonyl (C=O) groups excluding carboxylic acids is 1. The third-order valence-corrected chi connectivity index (χ3v) is 7.25. The summed E-state index contributed by atoms with van der Waals surface area (Å²) < 4.78 is 24.6. The number of hydrogen-bond acceptors (Lipinski definition) is 6. The number of aliphatic carboxylic acids is 1. The quantitative estimate of drug-likeness (QED) is 0.204. The Morgan fingerprint density at radius 2 is 1.54 bits per heavy atom. The Balaban J connectivity index is 1.41. The molecule has 9 heteroatoms. The third kappa shape index (κ3) is 10.4. The van der Waals surface area contributed by atoms with Crippen molar-refractivity contribution in [2.75, 3.05) is 11.9 Å². The average molecular weight is 549 g/mol. The molecule has 2 fully saturated rings. The van der Waals surface area contributed by atoms with Gasteiger partial charge in [-0.1, -0.05) is 76.8 Å². The van der Waals surface area contributed by atoms with Gasteiger partial charge in [-0.15, -0.1) is 0 Å². The van der Waals surface area contributed by atoms with Crippen molar-refractivity contribution >= 4 is 17.7 Å². The van der Waals surface area contributed by atoms with Gasteiger partial charge < -0.3 is 34.7 Å². The van der Waals surface area contributed by atoms with Gasteiger partial charge in [0.25, 0.3) is 0 Å². The Bertz CT molecular complexity index is 892. The molecule has 1 aromatic rings. The van der Waals surface area contributed by atoms with Gasteiger partial charge >= 0.3 is 12.0 Å². The number of unbranched alkanes of at least 4 members (excludes halogenated alkanes) is 9. The monoisotopic (exact) mass is 548 g/mol. The summed E-state index contributed by atoms with van der Waals surface area (Å²) in [6.07, 6.45) is 10.9. The maximum Gasteiger partial charge on any atom is 0.319 e. The van der Waals surface area contributed by atoms with E-state index in [1.54, 1.807) is 24.3 Å². The number of nitrogens with one attached hydrogen (secondary N) is 2. The number of rotatable bonds is 17. The summed E-state index contributed by atoms with van der Waals surface area (Å²) in [5.74, 6) is -1.65. The molecule has 2 aliphatic rings. The normalized spacial score (nSPS) is 24.3. The third-order valence-electron chi connectivity index (χ3n) is 7.25. The molecule has 1 aromatic carbocycles. The first kappa shape index (κ1) is 31.3. The summed E-state index contributed by atoms with van der Waals surface area (Å²) in [6.45, 7) is 8.47. The van der Waals surface area contributed by atoms with E-state index in [2.05, 4.69) is 17.6 Å². The molecule has 0 saturated carbocycles. The van der Waals surface area contributed by atoms with Crippen LogP contribution in [0.4, 0.5) is 10.5 Å². The van der Waals surface area contributed by atoms with Gasteiger partial charge in [-0.25, -0.2) is 4.79 Å². The summed E-state index contributed by atoms with van der Waals surface area (Å²) >= 11 is 0. The van der Waals surface area contributed by atoms with Crippen LogP contribution in [0.2, 0.25) is 0 Å². The number of amides is 2. The van der Waals surface area contributed by atoms with Gasteiger partial charge in [0, 0.05) is 12.3 Å². The van der Waals surface area contributed by atoms with Crippen LogP contribution in [-0.4, -0.2) is 60.1 Å².